The number of benzene rings is 1. The van der Waals surface area contributed by atoms with Gasteiger partial charge in [-0.25, -0.2) is 18.2 Å². The zero-order valence-electron chi connectivity index (χ0n) is 19.4. The van der Waals surface area contributed by atoms with Crippen molar-refractivity contribution < 1.29 is 22.7 Å². The Morgan fingerprint density at radius 3 is 2.18 bits per heavy atom. The Balaban J connectivity index is 1.26. The van der Waals surface area contributed by atoms with Crippen LogP contribution in [0.15, 0.2) is 42.6 Å². The van der Waals surface area contributed by atoms with Crippen LogP contribution in [0.4, 0.5) is 16.3 Å². The molecule has 0 N–H and O–H groups in total. The Kier molecular flexibility index (Phi) is 7.35. The second-order valence-corrected chi connectivity index (χ2v) is 10.9. The molecule has 2 aromatic rings. The van der Waals surface area contributed by atoms with Gasteiger partial charge in [0.25, 0.3) is 0 Å². The summed E-state index contributed by atoms with van der Waals surface area (Å²) in [6, 6.07) is 11.5. The van der Waals surface area contributed by atoms with Gasteiger partial charge in [0.2, 0.25) is 0 Å². The molecule has 10 heteroatoms. The monoisotopic (exact) mass is 486 g/mol. The summed E-state index contributed by atoms with van der Waals surface area (Å²) in [4.78, 5) is 34.6. The van der Waals surface area contributed by atoms with E-state index in [0.29, 0.717) is 44.6 Å². The molecule has 0 unspecified atom stereocenters. The molecule has 2 saturated heterocycles. The highest BCUT2D eigenvalue weighted by atomic mass is 32.2. The van der Waals surface area contributed by atoms with Gasteiger partial charge in [0, 0.05) is 63.1 Å². The number of aryl methyl sites for hydroxylation is 1. The summed E-state index contributed by atoms with van der Waals surface area (Å²) in [6.07, 6.45) is 2.45. The number of ether oxygens (including phenoxy) is 1. The van der Waals surface area contributed by atoms with Crippen molar-refractivity contribution in [1.29, 1.82) is 0 Å². The number of piperazine rings is 1. The van der Waals surface area contributed by atoms with Crippen LogP contribution in [0, 0.1) is 0 Å². The van der Waals surface area contributed by atoms with Crippen molar-refractivity contribution in [3.8, 4) is 0 Å². The molecular formula is C24H30N4O5S. The van der Waals surface area contributed by atoms with Gasteiger partial charge in [0.15, 0.2) is 15.6 Å². The highest BCUT2D eigenvalue weighted by molar-refractivity contribution is 7.91. The summed E-state index contributed by atoms with van der Waals surface area (Å²) in [5.41, 5.74) is 2.68. The number of carbonyl (C=O) groups is 2. The number of Topliss-reactive ketones (excluding diaryl/α,β-unsaturated/α-hetero) is 1. The normalized spacial score (nSPS) is 18.0. The van der Waals surface area contributed by atoms with E-state index in [0.717, 1.165) is 30.2 Å². The van der Waals surface area contributed by atoms with Crippen molar-refractivity contribution in [2.24, 2.45) is 0 Å². The molecule has 0 bridgehead atoms. The van der Waals surface area contributed by atoms with Crippen LogP contribution in [0.5, 0.6) is 0 Å². The first-order valence-electron chi connectivity index (χ1n) is 11.5. The van der Waals surface area contributed by atoms with Gasteiger partial charge in [0.05, 0.1) is 18.6 Å². The van der Waals surface area contributed by atoms with Crippen LogP contribution in [0.2, 0.25) is 0 Å². The van der Waals surface area contributed by atoms with Crippen LogP contribution in [0.25, 0.3) is 0 Å². The number of pyridine rings is 1. The maximum Gasteiger partial charge on any atom is 0.409 e. The van der Waals surface area contributed by atoms with E-state index < -0.39 is 9.84 Å². The molecule has 1 aromatic carbocycles. The second-order valence-electron chi connectivity index (χ2n) is 8.58. The van der Waals surface area contributed by atoms with Crippen LogP contribution in [-0.4, -0.2) is 88.1 Å². The number of rotatable bonds is 6. The Hall–Kier alpha value is -3.14. The summed E-state index contributed by atoms with van der Waals surface area (Å²) >= 11 is 0. The van der Waals surface area contributed by atoms with E-state index in [4.69, 9.17) is 4.74 Å². The molecule has 2 aliphatic rings. The van der Waals surface area contributed by atoms with Gasteiger partial charge in [-0.05, 0) is 42.3 Å². The lowest BCUT2D eigenvalue weighted by Crippen LogP contribution is -2.48. The third-order valence-corrected chi connectivity index (χ3v) is 7.99. The molecule has 2 aliphatic heterocycles. The molecule has 0 saturated carbocycles. The maximum atomic E-state index is 12.7. The minimum absolute atomic E-state index is 0.0763. The Morgan fingerprint density at radius 2 is 1.59 bits per heavy atom. The van der Waals surface area contributed by atoms with Crippen LogP contribution in [0.1, 0.15) is 22.3 Å². The van der Waals surface area contributed by atoms with Crippen LogP contribution in [-0.2, 0) is 21.0 Å². The SMILES string of the molecule is COC(=O)N1CCN(c2ccc(C(=O)CCc3ccc(N4CCS(=O)(=O)CC4)nc3)cc2)CC1. The molecule has 1 amide bonds. The molecule has 1 aromatic heterocycles. The number of anilines is 2. The van der Waals surface area contributed by atoms with Crippen LogP contribution in [0.3, 0.4) is 0 Å². The standard InChI is InChI=1S/C24H30N4O5S/c1-33-24(30)28-12-10-26(11-13-28)21-6-4-20(5-7-21)22(29)8-2-19-3-9-23(25-18-19)27-14-16-34(31,32)17-15-27/h3-7,9,18H,2,8,10-17H2,1H3. The second kappa shape index (κ2) is 10.4. The van der Waals surface area contributed by atoms with E-state index in [-0.39, 0.29) is 23.4 Å². The van der Waals surface area contributed by atoms with E-state index in [1.807, 2.05) is 41.3 Å². The third-order valence-electron chi connectivity index (χ3n) is 6.39. The van der Waals surface area contributed by atoms with Crippen molar-refractivity contribution >= 4 is 33.2 Å². The van der Waals surface area contributed by atoms with E-state index in [9.17, 15) is 18.0 Å². The maximum absolute atomic E-state index is 12.7. The first kappa shape index (κ1) is 24.0. The van der Waals surface area contributed by atoms with Crippen molar-refractivity contribution in [3.63, 3.8) is 0 Å². The quantitative estimate of drug-likeness (QED) is 0.572. The van der Waals surface area contributed by atoms with Gasteiger partial charge >= 0.3 is 6.09 Å². The van der Waals surface area contributed by atoms with Crippen LogP contribution >= 0.6 is 0 Å². The van der Waals surface area contributed by atoms with Crippen molar-refractivity contribution in [2.75, 3.05) is 67.7 Å². The number of amides is 1. The zero-order valence-corrected chi connectivity index (χ0v) is 20.2. The van der Waals surface area contributed by atoms with E-state index in [1.165, 1.54) is 7.11 Å². The molecule has 0 atom stereocenters. The number of sulfone groups is 1. The topological polar surface area (TPSA) is 100 Å². The third kappa shape index (κ3) is 5.85. The summed E-state index contributed by atoms with van der Waals surface area (Å²) in [5.74, 6) is 1.17. The lowest BCUT2D eigenvalue weighted by molar-refractivity contribution is 0.0982. The number of nitrogens with zero attached hydrogens (tertiary/aromatic N) is 4. The summed E-state index contributed by atoms with van der Waals surface area (Å²) in [6.45, 7) is 3.58. The van der Waals surface area contributed by atoms with Gasteiger partial charge < -0.3 is 19.4 Å². The number of methoxy groups -OCH3 is 1. The van der Waals surface area contributed by atoms with E-state index in [2.05, 4.69) is 9.88 Å². The fourth-order valence-corrected chi connectivity index (χ4v) is 5.43. The average Bonchev–Trinajstić information content (AvgIpc) is 2.87. The predicted octanol–water partition coefficient (Wildman–Crippen LogP) is 2.02. The Morgan fingerprint density at radius 1 is 0.912 bits per heavy atom. The van der Waals surface area contributed by atoms with Gasteiger partial charge in [-0.2, -0.15) is 0 Å². The van der Waals surface area contributed by atoms with E-state index >= 15 is 0 Å². The van der Waals surface area contributed by atoms with Gasteiger partial charge in [0.1, 0.15) is 5.82 Å². The van der Waals surface area contributed by atoms with Gasteiger partial charge in [-0.15, -0.1) is 0 Å². The fourth-order valence-electron chi connectivity index (χ4n) is 4.23. The molecule has 0 aliphatic carbocycles. The fraction of sp³-hybridized carbons (Fsp3) is 0.458. The molecule has 9 nitrogen and oxygen atoms in total. The average molecular weight is 487 g/mol. The number of hydrogen-bond donors (Lipinski definition) is 0. The van der Waals surface area contributed by atoms with E-state index in [1.54, 1.807) is 11.1 Å². The molecular weight excluding hydrogens is 456 g/mol. The Labute approximate surface area is 200 Å². The number of ketones is 1. The lowest BCUT2D eigenvalue weighted by Gasteiger charge is -2.35. The number of hydrogen-bond acceptors (Lipinski definition) is 8. The molecule has 182 valence electrons. The first-order chi connectivity index (χ1) is 16.3. The molecule has 2 fully saturated rings. The lowest BCUT2D eigenvalue weighted by atomic mass is 10.0. The first-order valence-corrected chi connectivity index (χ1v) is 13.3. The minimum Gasteiger partial charge on any atom is -0.453 e. The van der Waals surface area contributed by atoms with Crippen molar-refractivity contribution in [1.82, 2.24) is 9.88 Å². The zero-order chi connectivity index (χ0) is 24.1. The highest BCUT2D eigenvalue weighted by Gasteiger charge is 2.23. The van der Waals surface area contributed by atoms with Crippen molar-refractivity contribution in [2.45, 2.75) is 12.8 Å². The number of carbonyl (C=O) groups excluding carboxylic acids is 2. The predicted molar refractivity (Wildman–Crippen MR) is 130 cm³/mol. The van der Waals surface area contributed by atoms with Crippen molar-refractivity contribution in [3.05, 3.63) is 53.7 Å². The van der Waals surface area contributed by atoms with Crippen LogP contribution < -0.4 is 9.80 Å². The minimum atomic E-state index is -2.92. The smallest absolute Gasteiger partial charge is 0.409 e. The summed E-state index contributed by atoms with van der Waals surface area (Å²) in [7, 11) is -1.53. The molecule has 0 spiro atoms. The molecule has 0 radical (unpaired) electrons. The number of aromatic nitrogens is 1. The molecule has 4 rings (SSSR count). The largest absolute Gasteiger partial charge is 0.453 e. The Bertz CT molecular complexity index is 1100. The van der Waals surface area contributed by atoms with Gasteiger partial charge in [-0.3, -0.25) is 4.79 Å². The molecule has 34 heavy (non-hydrogen) atoms. The summed E-state index contributed by atoms with van der Waals surface area (Å²) < 4.78 is 28.0. The van der Waals surface area contributed by atoms with Gasteiger partial charge in [-0.1, -0.05) is 6.07 Å². The highest BCUT2D eigenvalue weighted by Crippen LogP contribution is 2.20. The summed E-state index contributed by atoms with van der Waals surface area (Å²) in [5, 5.41) is 0. The molecule has 3 heterocycles.